The Morgan fingerprint density at radius 2 is 1.59 bits per heavy atom. The van der Waals surface area contributed by atoms with E-state index in [9.17, 15) is 13.2 Å². The second kappa shape index (κ2) is 10.2. The predicted molar refractivity (Wildman–Crippen MR) is 104 cm³/mol. The minimum Gasteiger partial charge on any atom is -0.273 e. The van der Waals surface area contributed by atoms with Gasteiger partial charge in [0, 0.05) is 19.5 Å². The number of hydrogen-bond acceptors (Lipinski definition) is 4. The molecular weight excluding hydrogens is 364 g/mol. The maximum atomic E-state index is 12.5. The molecule has 0 atom stereocenters. The highest BCUT2D eigenvalue weighted by Gasteiger charge is 2.21. The number of sulfonamides is 1. The predicted octanol–water partition coefficient (Wildman–Crippen LogP) is 2.90. The second-order valence-electron chi connectivity index (χ2n) is 6.03. The molecule has 6 nitrogen and oxygen atoms in total. The first kappa shape index (κ1) is 21.1. The van der Waals surface area contributed by atoms with Crippen LogP contribution in [0.2, 0.25) is 0 Å². The van der Waals surface area contributed by atoms with Crippen molar-refractivity contribution in [3.05, 3.63) is 65.7 Å². The van der Waals surface area contributed by atoms with Gasteiger partial charge in [0.1, 0.15) is 0 Å². The van der Waals surface area contributed by atoms with Gasteiger partial charge in [0.05, 0.1) is 11.5 Å². The molecule has 0 saturated carbocycles. The normalized spacial score (nSPS) is 11.5. The molecule has 146 valence electrons. The number of benzene rings is 2. The topological polar surface area (TPSA) is 75.7 Å². The fourth-order valence-corrected chi connectivity index (χ4v) is 4.08. The van der Waals surface area contributed by atoms with E-state index in [1.54, 1.807) is 24.3 Å². The van der Waals surface area contributed by atoms with Gasteiger partial charge in [0.2, 0.25) is 15.9 Å². The molecule has 2 rings (SSSR count). The van der Waals surface area contributed by atoms with E-state index >= 15 is 0 Å². The Bertz CT molecular complexity index is 817. The lowest BCUT2D eigenvalue weighted by Crippen LogP contribution is -2.30. The molecule has 0 bridgehead atoms. The lowest BCUT2D eigenvalue weighted by molar-refractivity contribution is -0.134. The van der Waals surface area contributed by atoms with Crippen molar-refractivity contribution >= 4 is 15.9 Å². The van der Waals surface area contributed by atoms with Crippen LogP contribution >= 0.6 is 0 Å². The van der Waals surface area contributed by atoms with E-state index in [-0.39, 0.29) is 17.2 Å². The molecule has 7 heteroatoms. The van der Waals surface area contributed by atoms with Gasteiger partial charge in [-0.05, 0) is 29.7 Å². The first-order valence-corrected chi connectivity index (χ1v) is 10.4. The third kappa shape index (κ3) is 6.16. The van der Waals surface area contributed by atoms with Crippen molar-refractivity contribution in [1.82, 2.24) is 9.79 Å². The number of hydroxylamine groups is 1. The lowest BCUT2D eigenvalue weighted by atomic mass is 10.1. The molecule has 0 radical (unpaired) electrons. The average Bonchev–Trinajstić information content (AvgIpc) is 2.68. The molecule has 1 N–H and O–H groups in total. The Morgan fingerprint density at radius 3 is 2.19 bits per heavy atom. The molecule has 2 aromatic carbocycles. The van der Waals surface area contributed by atoms with E-state index in [0.29, 0.717) is 26.1 Å². The molecule has 0 saturated heterocycles. The monoisotopic (exact) mass is 390 g/mol. The van der Waals surface area contributed by atoms with Crippen molar-refractivity contribution in [2.75, 3.05) is 13.1 Å². The Morgan fingerprint density at radius 1 is 0.963 bits per heavy atom. The minimum absolute atomic E-state index is 0.217. The van der Waals surface area contributed by atoms with Gasteiger partial charge in [-0.2, -0.15) is 4.31 Å². The Labute approximate surface area is 161 Å². The van der Waals surface area contributed by atoms with Gasteiger partial charge < -0.3 is 0 Å². The maximum absolute atomic E-state index is 12.5. The van der Waals surface area contributed by atoms with Crippen molar-refractivity contribution < 1.29 is 18.0 Å². The van der Waals surface area contributed by atoms with E-state index in [1.165, 1.54) is 4.31 Å². The van der Waals surface area contributed by atoms with Crippen molar-refractivity contribution in [1.29, 1.82) is 0 Å². The standard InChI is InChI=1S/C20H26N2O4S/c1-3-22(4-2)27(24,25)19-13-10-17(11-14-19)12-15-20(23)21-26-16-18-8-6-5-7-9-18/h5-11,13-14H,3-4,12,15-16H2,1-2H3,(H,21,23). The van der Waals surface area contributed by atoms with Crippen LogP contribution in [0.4, 0.5) is 0 Å². The van der Waals surface area contributed by atoms with Crippen LogP contribution < -0.4 is 5.48 Å². The van der Waals surface area contributed by atoms with E-state index < -0.39 is 10.0 Å². The van der Waals surface area contributed by atoms with E-state index in [1.807, 2.05) is 44.2 Å². The van der Waals surface area contributed by atoms with Gasteiger partial charge in [-0.15, -0.1) is 0 Å². The van der Waals surface area contributed by atoms with Crippen LogP contribution in [0.3, 0.4) is 0 Å². The summed E-state index contributed by atoms with van der Waals surface area (Å²) in [5.41, 5.74) is 4.30. The third-order valence-electron chi connectivity index (χ3n) is 4.17. The highest BCUT2D eigenvalue weighted by Crippen LogP contribution is 2.16. The van der Waals surface area contributed by atoms with Crippen LogP contribution in [0, 0.1) is 0 Å². The summed E-state index contributed by atoms with van der Waals surface area (Å²) < 4.78 is 26.3. The molecule has 0 aliphatic carbocycles. The van der Waals surface area contributed by atoms with Crippen LogP contribution in [0.15, 0.2) is 59.5 Å². The van der Waals surface area contributed by atoms with Crippen LogP contribution in [-0.4, -0.2) is 31.7 Å². The van der Waals surface area contributed by atoms with Gasteiger partial charge in [-0.1, -0.05) is 56.3 Å². The first-order chi connectivity index (χ1) is 13.0. The first-order valence-electron chi connectivity index (χ1n) is 9.01. The van der Waals surface area contributed by atoms with Crippen molar-refractivity contribution in [3.8, 4) is 0 Å². The van der Waals surface area contributed by atoms with Gasteiger partial charge >= 0.3 is 0 Å². The second-order valence-corrected chi connectivity index (χ2v) is 7.97. The summed E-state index contributed by atoms with van der Waals surface area (Å²) in [5.74, 6) is -0.217. The zero-order valence-electron chi connectivity index (χ0n) is 15.7. The number of rotatable bonds is 10. The molecule has 27 heavy (non-hydrogen) atoms. The molecule has 0 aliphatic rings. The number of hydrogen-bond donors (Lipinski definition) is 1. The van der Waals surface area contributed by atoms with Crippen molar-refractivity contribution in [2.45, 2.75) is 38.2 Å². The highest BCUT2D eigenvalue weighted by atomic mass is 32.2. The zero-order chi connectivity index (χ0) is 19.7. The number of nitrogens with one attached hydrogen (secondary N) is 1. The summed E-state index contributed by atoms with van der Waals surface area (Å²) in [6, 6.07) is 16.2. The summed E-state index contributed by atoms with van der Waals surface area (Å²) in [4.78, 5) is 17.3. The molecule has 2 aromatic rings. The summed E-state index contributed by atoms with van der Waals surface area (Å²) in [6.45, 7) is 4.81. The zero-order valence-corrected chi connectivity index (χ0v) is 16.5. The van der Waals surface area contributed by atoms with Crippen LogP contribution in [0.5, 0.6) is 0 Å². The van der Waals surface area contributed by atoms with Crippen molar-refractivity contribution in [3.63, 3.8) is 0 Å². The summed E-state index contributed by atoms with van der Waals surface area (Å²) >= 11 is 0. The fraction of sp³-hybridized carbons (Fsp3) is 0.350. The van der Waals surface area contributed by atoms with Gasteiger partial charge in [-0.25, -0.2) is 13.9 Å². The molecule has 0 heterocycles. The molecular formula is C20H26N2O4S. The van der Waals surface area contributed by atoms with Crippen molar-refractivity contribution in [2.24, 2.45) is 0 Å². The largest absolute Gasteiger partial charge is 0.273 e. The van der Waals surface area contributed by atoms with Crippen LogP contribution in [0.1, 0.15) is 31.4 Å². The molecule has 0 fully saturated rings. The van der Waals surface area contributed by atoms with Gasteiger partial charge in [0.15, 0.2) is 0 Å². The Balaban J connectivity index is 1.81. The minimum atomic E-state index is -3.45. The van der Waals surface area contributed by atoms with Gasteiger partial charge in [0.25, 0.3) is 0 Å². The molecule has 0 aliphatic heterocycles. The highest BCUT2D eigenvalue weighted by molar-refractivity contribution is 7.89. The average molecular weight is 391 g/mol. The van der Waals surface area contributed by atoms with Gasteiger partial charge in [-0.3, -0.25) is 9.63 Å². The number of carbonyl (C=O) groups is 1. The van der Waals surface area contributed by atoms with E-state index in [4.69, 9.17) is 4.84 Å². The summed E-state index contributed by atoms with van der Waals surface area (Å²) in [5, 5.41) is 0. The maximum Gasteiger partial charge on any atom is 0.243 e. The summed E-state index contributed by atoms with van der Waals surface area (Å²) in [6.07, 6.45) is 0.767. The number of nitrogens with zero attached hydrogens (tertiary/aromatic N) is 1. The third-order valence-corrected chi connectivity index (χ3v) is 6.24. The van der Waals surface area contributed by atoms with Crippen LogP contribution in [0.25, 0.3) is 0 Å². The smallest absolute Gasteiger partial charge is 0.243 e. The summed E-state index contributed by atoms with van der Waals surface area (Å²) in [7, 11) is -3.45. The fourth-order valence-electron chi connectivity index (χ4n) is 2.62. The number of carbonyl (C=O) groups excluding carboxylic acids is 1. The molecule has 0 spiro atoms. The van der Waals surface area contributed by atoms with E-state index in [0.717, 1.165) is 11.1 Å². The number of amides is 1. The Kier molecular flexibility index (Phi) is 7.97. The SMILES string of the molecule is CCN(CC)S(=O)(=O)c1ccc(CCC(=O)NOCc2ccccc2)cc1. The molecule has 0 unspecified atom stereocenters. The quantitative estimate of drug-likeness (QED) is 0.633. The van der Waals surface area contributed by atoms with Crippen LogP contribution in [-0.2, 0) is 32.7 Å². The molecule has 1 amide bonds. The Hall–Kier alpha value is -2.22. The number of aryl methyl sites for hydroxylation is 1. The molecule has 0 aromatic heterocycles. The van der Waals surface area contributed by atoms with E-state index in [2.05, 4.69) is 5.48 Å². The lowest BCUT2D eigenvalue weighted by Gasteiger charge is -2.18.